The Morgan fingerprint density at radius 3 is 2.19 bits per heavy atom. The van der Waals surface area contributed by atoms with Gasteiger partial charge < -0.3 is 10.6 Å². The maximum Gasteiger partial charge on any atom is 0.223 e. The molecule has 2 aliphatic carbocycles. The first-order valence-electron chi connectivity index (χ1n) is 7.80. The Kier molecular flexibility index (Phi) is 3.95. The Morgan fingerprint density at radius 1 is 1.05 bits per heavy atom. The SMILES string of the molecule is C[C@@H](NC(=O)C1CC1)c1ccc(CNC(=O)C2CC2)cc1. The summed E-state index contributed by atoms with van der Waals surface area (Å²) in [5.74, 6) is 0.832. The van der Waals surface area contributed by atoms with Crippen LogP contribution in [-0.2, 0) is 16.1 Å². The fourth-order valence-electron chi connectivity index (χ4n) is 2.36. The van der Waals surface area contributed by atoms with E-state index in [1.807, 2.05) is 31.2 Å². The van der Waals surface area contributed by atoms with Gasteiger partial charge in [-0.25, -0.2) is 0 Å². The molecule has 1 atom stereocenters. The molecule has 4 nitrogen and oxygen atoms in total. The van der Waals surface area contributed by atoms with Gasteiger partial charge in [0.25, 0.3) is 0 Å². The molecule has 0 bridgehead atoms. The molecule has 0 aliphatic heterocycles. The average Bonchev–Trinajstić information content (AvgIpc) is 3.37. The van der Waals surface area contributed by atoms with Crippen LogP contribution in [0.15, 0.2) is 24.3 Å². The van der Waals surface area contributed by atoms with E-state index in [1.165, 1.54) is 0 Å². The van der Waals surface area contributed by atoms with Gasteiger partial charge in [-0.2, -0.15) is 0 Å². The molecule has 4 heteroatoms. The summed E-state index contributed by atoms with van der Waals surface area (Å²) in [6.07, 6.45) is 4.11. The monoisotopic (exact) mass is 286 g/mol. The lowest BCUT2D eigenvalue weighted by atomic mass is 10.1. The molecular weight excluding hydrogens is 264 g/mol. The highest BCUT2D eigenvalue weighted by molar-refractivity contribution is 5.81. The molecule has 112 valence electrons. The molecule has 2 aliphatic rings. The topological polar surface area (TPSA) is 58.2 Å². The predicted molar refractivity (Wildman–Crippen MR) is 80.3 cm³/mol. The lowest BCUT2D eigenvalue weighted by molar-refractivity contribution is -0.123. The molecule has 2 saturated carbocycles. The van der Waals surface area contributed by atoms with E-state index in [4.69, 9.17) is 0 Å². The summed E-state index contributed by atoms with van der Waals surface area (Å²) in [7, 11) is 0. The van der Waals surface area contributed by atoms with Crippen molar-refractivity contribution >= 4 is 11.8 Å². The van der Waals surface area contributed by atoms with Gasteiger partial charge in [-0.1, -0.05) is 24.3 Å². The first kappa shape index (κ1) is 14.1. The number of hydrogen-bond acceptors (Lipinski definition) is 2. The fraction of sp³-hybridized carbons (Fsp3) is 0.529. The summed E-state index contributed by atoms with van der Waals surface area (Å²) < 4.78 is 0. The van der Waals surface area contributed by atoms with Gasteiger partial charge >= 0.3 is 0 Å². The van der Waals surface area contributed by atoms with E-state index in [2.05, 4.69) is 10.6 Å². The van der Waals surface area contributed by atoms with Gasteiger partial charge in [-0.3, -0.25) is 9.59 Å². The Hall–Kier alpha value is -1.84. The highest BCUT2D eigenvalue weighted by Crippen LogP contribution is 2.30. The van der Waals surface area contributed by atoms with Gasteiger partial charge in [-0.05, 0) is 43.7 Å². The Morgan fingerprint density at radius 2 is 1.62 bits per heavy atom. The Labute approximate surface area is 125 Å². The van der Waals surface area contributed by atoms with Crippen LogP contribution >= 0.6 is 0 Å². The Bertz CT molecular complexity index is 530. The molecule has 1 aromatic carbocycles. The van der Waals surface area contributed by atoms with E-state index in [0.29, 0.717) is 6.54 Å². The molecule has 2 amide bonds. The van der Waals surface area contributed by atoms with Crippen LogP contribution in [0.2, 0.25) is 0 Å². The van der Waals surface area contributed by atoms with Crippen LogP contribution in [0.1, 0.15) is 49.8 Å². The number of carbonyl (C=O) groups is 2. The third kappa shape index (κ3) is 3.84. The van der Waals surface area contributed by atoms with Crippen molar-refractivity contribution in [2.24, 2.45) is 11.8 Å². The summed E-state index contributed by atoms with van der Waals surface area (Å²) in [6.45, 7) is 2.59. The lowest BCUT2D eigenvalue weighted by Crippen LogP contribution is -2.28. The molecule has 1 aromatic rings. The molecule has 0 heterocycles. The maximum atomic E-state index is 11.7. The number of rotatable bonds is 6. The van der Waals surface area contributed by atoms with Crippen LogP contribution in [0.5, 0.6) is 0 Å². The largest absolute Gasteiger partial charge is 0.352 e. The zero-order chi connectivity index (χ0) is 14.8. The van der Waals surface area contributed by atoms with E-state index in [1.54, 1.807) is 0 Å². The van der Waals surface area contributed by atoms with Crippen LogP contribution in [0.25, 0.3) is 0 Å². The van der Waals surface area contributed by atoms with Crippen molar-refractivity contribution in [1.82, 2.24) is 10.6 Å². The highest BCUT2D eigenvalue weighted by Gasteiger charge is 2.30. The smallest absolute Gasteiger partial charge is 0.223 e. The number of amides is 2. The van der Waals surface area contributed by atoms with Crippen molar-refractivity contribution < 1.29 is 9.59 Å². The quantitative estimate of drug-likeness (QED) is 0.843. The van der Waals surface area contributed by atoms with Gasteiger partial charge in [0.2, 0.25) is 11.8 Å². The van der Waals surface area contributed by atoms with Crippen LogP contribution in [-0.4, -0.2) is 11.8 Å². The number of nitrogens with one attached hydrogen (secondary N) is 2. The van der Waals surface area contributed by atoms with Crippen molar-refractivity contribution in [1.29, 1.82) is 0 Å². The second kappa shape index (κ2) is 5.88. The highest BCUT2D eigenvalue weighted by atomic mass is 16.2. The Balaban J connectivity index is 1.50. The zero-order valence-electron chi connectivity index (χ0n) is 12.4. The average molecular weight is 286 g/mol. The third-order valence-electron chi connectivity index (χ3n) is 4.20. The lowest BCUT2D eigenvalue weighted by Gasteiger charge is -2.14. The van der Waals surface area contributed by atoms with Crippen LogP contribution < -0.4 is 10.6 Å². The summed E-state index contributed by atoms with van der Waals surface area (Å²) in [4.78, 5) is 23.3. The van der Waals surface area contributed by atoms with Crippen LogP contribution in [0.3, 0.4) is 0 Å². The molecule has 3 rings (SSSR count). The summed E-state index contributed by atoms with van der Waals surface area (Å²) in [5, 5.41) is 6.00. The third-order valence-corrected chi connectivity index (χ3v) is 4.20. The second-order valence-electron chi connectivity index (χ2n) is 6.24. The van der Waals surface area contributed by atoms with E-state index in [9.17, 15) is 9.59 Å². The van der Waals surface area contributed by atoms with E-state index in [0.717, 1.165) is 36.8 Å². The number of hydrogen-bond donors (Lipinski definition) is 2. The van der Waals surface area contributed by atoms with Crippen molar-refractivity contribution in [3.63, 3.8) is 0 Å². The second-order valence-corrected chi connectivity index (χ2v) is 6.24. The van der Waals surface area contributed by atoms with Crippen molar-refractivity contribution in [3.8, 4) is 0 Å². The zero-order valence-corrected chi connectivity index (χ0v) is 12.4. The van der Waals surface area contributed by atoms with Crippen molar-refractivity contribution in [3.05, 3.63) is 35.4 Å². The van der Waals surface area contributed by atoms with Gasteiger partial charge in [0.1, 0.15) is 0 Å². The standard InChI is InChI=1S/C17H22N2O2/c1-11(19-17(21)15-8-9-15)13-4-2-12(3-5-13)10-18-16(20)14-6-7-14/h2-5,11,14-15H,6-10H2,1H3,(H,18,20)(H,19,21)/t11-/m1/s1. The van der Waals surface area contributed by atoms with Gasteiger partial charge in [0.15, 0.2) is 0 Å². The molecule has 2 N–H and O–H groups in total. The fourth-order valence-corrected chi connectivity index (χ4v) is 2.36. The van der Waals surface area contributed by atoms with E-state index >= 15 is 0 Å². The molecule has 0 unspecified atom stereocenters. The molecule has 2 fully saturated rings. The maximum absolute atomic E-state index is 11.7. The predicted octanol–water partition coefficient (Wildman–Crippen LogP) is 2.30. The minimum absolute atomic E-state index is 0.0354. The summed E-state index contributed by atoms with van der Waals surface area (Å²) in [6, 6.07) is 8.12. The molecule has 0 saturated heterocycles. The first-order chi connectivity index (χ1) is 10.1. The van der Waals surface area contributed by atoms with Gasteiger partial charge in [0.05, 0.1) is 6.04 Å². The minimum Gasteiger partial charge on any atom is -0.352 e. The van der Waals surface area contributed by atoms with Crippen molar-refractivity contribution in [2.45, 2.75) is 45.2 Å². The molecular formula is C17H22N2O2. The molecule has 21 heavy (non-hydrogen) atoms. The first-order valence-corrected chi connectivity index (χ1v) is 7.80. The van der Waals surface area contributed by atoms with Gasteiger partial charge in [0, 0.05) is 18.4 Å². The van der Waals surface area contributed by atoms with Crippen LogP contribution in [0.4, 0.5) is 0 Å². The van der Waals surface area contributed by atoms with E-state index in [-0.39, 0.29) is 29.7 Å². The van der Waals surface area contributed by atoms with Crippen molar-refractivity contribution in [2.75, 3.05) is 0 Å². The summed E-state index contributed by atoms with van der Waals surface area (Å²) in [5.41, 5.74) is 2.19. The minimum atomic E-state index is 0.0354. The van der Waals surface area contributed by atoms with Crippen LogP contribution in [0, 0.1) is 11.8 Å². The molecule has 0 radical (unpaired) electrons. The van der Waals surface area contributed by atoms with Gasteiger partial charge in [-0.15, -0.1) is 0 Å². The molecule has 0 aromatic heterocycles. The van der Waals surface area contributed by atoms with E-state index < -0.39 is 0 Å². The molecule has 0 spiro atoms. The summed E-state index contributed by atoms with van der Waals surface area (Å²) >= 11 is 0. The number of benzene rings is 1. The number of carbonyl (C=O) groups excluding carboxylic acids is 2. The normalized spacial score (nSPS) is 18.9.